The molecule has 0 radical (unpaired) electrons. The summed E-state index contributed by atoms with van der Waals surface area (Å²) in [5.41, 5.74) is 0.430. The molecule has 1 unspecified atom stereocenters. The van der Waals surface area contributed by atoms with Gasteiger partial charge in [0.1, 0.15) is 5.69 Å². The van der Waals surface area contributed by atoms with Crippen LogP contribution in [0.15, 0.2) is 12.3 Å². The van der Waals surface area contributed by atoms with E-state index < -0.39 is 0 Å². The topological polar surface area (TPSA) is 76.1 Å². The van der Waals surface area contributed by atoms with Gasteiger partial charge in [-0.2, -0.15) is 0 Å². The zero-order valence-electron chi connectivity index (χ0n) is 13.6. The van der Waals surface area contributed by atoms with Gasteiger partial charge in [0.25, 0.3) is 5.91 Å². The third-order valence-electron chi connectivity index (χ3n) is 4.59. The molecule has 2 fully saturated rings. The maximum absolute atomic E-state index is 12.4. The van der Waals surface area contributed by atoms with Crippen molar-refractivity contribution in [3.63, 3.8) is 0 Å². The molecule has 1 atom stereocenters. The van der Waals surface area contributed by atoms with Crippen molar-refractivity contribution in [2.45, 2.75) is 63.5 Å². The summed E-state index contributed by atoms with van der Waals surface area (Å²) in [5.74, 6) is 0.397. The first-order valence-corrected chi connectivity index (χ1v) is 8.80. The lowest BCUT2D eigenvalue weighted by atomic mass is 10.1. The summed E-state index contributed by atoms with van der Waals surface area (Å²) in [6.07, 6.45) is 11.1. The molecule has 1 aromatic heterocycles. The number of hydrogen-bond acceptors (Lipinski definition) is 5. The first-order valence-electron chi connectivity index (χ1n) is 8.80. The van der Waals surface area contributed by atoms with Crippen LogP contribution in [-0.4, -0.2) is 41.2 Å². The Labute approximate surface area is 137 Å². The van der Waals surface area contributed by atoms with Crippen molar-refractivity contribution in [3.05, 3.63) is 18.0 Å². The Morgan fingerprint density at radius 2 is 2.00 bits per heavy atom. The van der Waals surface area contributed by atoms with E-state index >= 15 is 0 Å². The molecule has 6 heteroatoms. The molecule has 6 nitrogen and oxygen atoms in total. The summed E-state index contributed by atoms with van der Waals surface area (Å²) in [7, 11) is 0. The summed E-state index contributed by atoms with van der Waals surface area (Å²) in [4.78, 5) is 20.9. The number of hydrogen-bond donors (Lipinski definition) is 2. The molecule has 3 rings (SSSR count). The van der Waals surface area contributed by atoms with Gasteiger partial charge in [-0.1, -0.05) is 25.7 Å². The predicted octanol–water partition coefficient (Wildman–Crippen LogP) is 2.52. The Morgan fingerprint density at radius 3 is 2.74 bits per heavy atom. The summed E-state index contributed by atoms with van der Waals surface area (Å²) in [6.45, 7) is 1.52. The van der Waals surface area contributed by atoms with Crippen LogP contribution >= 0.6 is 0 Å². The van der Waals surface area contributed by atoms with Crippen LogP contribution in [0.1, 0.15) is 61.9 Å². The van der Waals surface area contributed by atoms with Crippen LogP contribution in [0.5, 0.6) is 0 Å². The van der Waals surface area contributed by atoms with E-state index in [9.17, 15) is 4.79 Å². The largest absolute Gasteiger partial charge is 0.376 e. The molecule has 2 N–H and O–H groups in total. The van der Waals surface area contributed by atoms with Crippen LogP contribution in [0.25, 0.3) is 0 Å². The molecule has 1 aliphatic carbocycles. The molecule has 0 spiro atoms. The first kappa shape index (κ1) is 16.2. The molecule has 2 heterocycles. The lowest BCUT2D eigenvalue weighted by Crippen LogP contribution is -2.35. The van der Waals surface area contributed by atoms with Crippen molar-refractivity contribution in [1.29, 1.82) is 0 Å². The van der Waals surface area contributed by atoms with E-state index in [0.29, 0.717) is 18.2 Å². The number of nitrogens with one attached hydrogen (secondary N) is 2. The SMILES string of the molecule is O=C(NC1CCCCCC1)c1ccnc(NCC2CCCO2)n1. The molecule has 1 aromatic rings. The monoisotopic (exact) mass is 318 g/mol. The molecule has 1 aliphatic heterocycles. The first-order chi connectivity index (χ1) is 11.3. The molecule has 23 heavy (non-hydrogen) atoms. The minimum absolute atomic E-state index is 0.0977. The van der Waals surface area contributed by atoms with E-state index in [2.05, 4.69) is 20.6 Å². The average Bonchev–Trinajstić information content (AvgIpc) is 2.97. The van der Waals surface area contributed by atoms with E-state index in [1.165, 1.54) is 25.7 Å². The highest BCUT2D eigenvalue weighted by atomic mass is 16.5. The fraction of sp³-hybridized carbons (Fsp3) is 0.706. The van der Waals surface area contributed by atoms with E-state index in [-0.39, 0.29) is 18.1 Å². The molecular weight excluding hydrogens is 292 g/mol. The standard InChI is InChI=1S/C17H26N4O2/c22-16(20-13-6-3-1-2-4-7-13)15-9-10-18-17(21-15)19-12-14-8-5-11-23-14/h9-10,13-14H,1-8,11-12H2,(H,20,22)(H,18,19,21). The van der Waals surface area contributed by atoms with Crippen LogP contribution in [-0.2, 0) is 4.74 Å². The van der Waals surface area contributed by atoms with Crippen molar-refractivity contribution >= 4 is 11.9 Å². The van der Waals surface area contributed by atoms with E-state index in [0.717, 1.165) is 32.3 Å². The lowest BCUT2D eigenvalue weighted by Gasteiger charge is -2.16. The zero-order valence-corrected chi connectivity index (χ0v) is 13.6. The molecule has 1 amide bonds. The Hall–Kier alpha value is -1.69. The number of amides is 1. The number of carbonyl (C=O) groups is 1. The van der Waals surface area contributed by atoms with Crippen molar-refractivity contribution in [2.75, 3.05) is 18.5 Å². The zero-order chi connectivity index (χ0) is 15.9. The van der Waals surface area contributed by atoms with Crippen LogP contribution in [0.4, 0.5) is 5.95 Å². The molecule has 0 bridgehead atoms. The Kier molecular flexibility index (Phi) is 5.80. The Morgan fingerprint density at radius 1 is 1.17 bits per heavy atom. The van der Waals surface area contributed by atoms with Crippen molar-refractivity contribution < 1.29 is 9.53 Å². The van der Waals surface area contributed by atoms with Crippen molar-refractivity contribution in [2.24, 2.45) is 0 Å². The van der Waals surface area contributed by atoms with Gasteiger partial charge in [0, 0.05) is 25.4 Å². The summed E-state index contributed by atoms with van der Waals surface area (Å²) in [5, 5.41) is 6.29. The van der Waals surface area contributed by atoms with Gasteiger partial charge >= 0.3 is 0 Å². The fourth-order valence-electron chi connectivity index (χ4n) is 3.26. The maximum atomic E-state index is 12.4. The number of rotatable bonds is 5. The average molecular weight is 318 g/mol. The van der Waals surface area contributed by atoms with Crippen LogP contribution in [0.2, 0.25) is 0 Å². The van der Waals surface area contributed by atoms with Crippen LogP contribution in [0.3, 0.4) is 0 Å². The quantitative estimate of drug-likeness (QED) is 0.816. The third kappa shape index (κ3) is 4.89. The number of ether oxygens (including phenoxy) is 1. The summed E-state index contributed by atoms with van der Waals surface area (Å²) >= 11 is 0. The number of aromatic nitrogens is 2. The Bertz CT molecular complexity index is 509. The smallest absolute Gasteiger partial charge is 0.270 e. The second kappa shape index (κ2) is 8.24. The minimum atomic E-state index is -0.0977. The predicted molar refractivity (Wildman–Crippen MR) is 88.5 cm³/mol. The fourth-order valence-corrected chi connectivity index (χ4v) is 3.26. The van der Waals surface area contributed by atoms with Crippen LogP contribution in [0, 0.1) is 0 Å². The molecule has 1 saturated heterocycles. The lowest BCUT2D eigenvalue weighted by molar-refractivity contribution is 0.0928. The van der Waals surface area contributed by atoms with E-state index in [1.54, 1.807) is 12.3 Å². The summed E-state index contributed by atoms with van der Waals surface area (Å²) in [6, 6.07) is 1.95. The molecule has 0 aromatic carbocycles. The number of nitrogens with zero attached hydrogens (tertiary/aromatic N) is 2. The maximum Gasteiger partial charge on any atom is 0.270 e. The van der Waals surface area contributed by atoms with Gasteiger partial charge in [0.2, 0.25) is 5.95 Å². The molecular formula is C17H26N4O2. The number of anilines is 1. The highest BCUT2D eigenvalue weighted by Gasteiger charge is 2.18. The molecule has 1 saturated carbocycles. The number of carbonyl (C=O) groups excluding carboxylic acids is 1. The van der Waals surface area contributed by atoms with E-state index in [1.807, 2.05) is 0 Å². The molecule has 2 aliphatic rings. The van der Waals surface area contributed by atoms with Gasteiger partial charge in [-0.3, -0.25) is 4.79 Å². The van der Waals surface area contributed by atoms with Crippen LogP contribution < -0.4 is 10.6 Å². The second-order valence-electron chi connectivity index (χ2n) is 6.44. The van der Waals surface area contributed by atoms with Gasteiger partial charge in [-0.05, 0) is 31.7 Å². The Balaban J connectivity index is 1.53. The van der Waals surface area contributed by atoms with Gasteiger partial charge in [0.15, 0.2) is 0 Å². The third-order valence-corrected chi connectivity index (χ3v) is 4.59. The van der Waals surface area contributed by atoms with Gasteiger partial charge in [0.05, 0.1) is 6.10 Å². The van der Waals surface area contributed by atoms with Gasteiger partial charge in [-0.15, -0.1) is 0 Å². The van der Waals surface area contributed by atoms with E-state index in [4.69, 9.17) is 4.74 Å². The van der Waals surface area contributed by atoms with Gasteiger partial charge < -0.3 is 15.4 Å². The molecule has 126 valence electrons. The normalized spacial score (nSPS) is 22.5. The summed E-state index contributed by atoms with van der Waals surface area (Å²) < 4.78 is 5.57. The highest BCUT2D eigenvalue weighted by Crippen LogP contribution is 2.17. The van der Waals surface area contributed by atoms with Gasteiger partial charge in [-0.25, -0.2) is 9.97 Å². The second-order valence-corrected chi connectivity index (χ2v) is 6.44. The highest BCUT2D eigenvalue weighted by molar-refractivity contribution is 5.92. The minimum Gasteiger partial charge on any atom is -0.376 e. The van der Waals surface area contributed by atoms with Crippen molar-refractivity contribution in [1.82, 2.24) is 15.3 Å². The van der Waals surface area contributed by atoms with Crippen molar-refractivity contribution in [3.8, 4) is 0 Å².